The lowest BCUT2D eigenvalue weighted by molar-refractivity contribution is -0.175. The Morgan fingerprint density at radius 3 is 2.10 bits per heavy atom. The highest BCUT2D eigenvalue weighted by Gasteiger charge is 2.46. The third-order valence-corrected chi connectivity index (χ3v) is 1.54. The van der Waals surface area contributed by atoms with Crippen LogP contribution in [-0.4, -0.2) is 25.4 Å². The molecule has 5 heteroatoms. The van der Waals surface area contributed by atoms with E-state index in [2.05, 4.69) is 4.74 Å². The van der Waals surface area contributed by atoms with Gasteiger partial charge in [-0.15, -0.1) is 0 Å². The number of hydrogen-bond acceptors (Lipinski definition) is 2. The maximum atomic E-state index is 11.9. The van der Waals surface area contributed by atoms with Gasteiger partial charge in [0.2, 0.25) is 0 Å². The van der Waals surface area contributed by atoms with Crippen LogP contribution in [0.3, 0.4) is 0 Å². The van der Waals surface area contributed by atoms with Gasteiger partial charge >= 0.3 is 6.18 Å². The van der Waals surface area contributed by atoms with Crippen molar-refractivity contribution >= 4 is 0 Å². The van der Waals surface area contributed by atoms with Gasteiger partial charge in [0, 0.05) is 6.04 Å². The molecular formula is C5H8F3NO. The fourth-order valence-corrected chi connectivity index (χ4v) is 0.908. The van der Waals surface area contributed by atoms with Gasteiger partial charge in [-0.1, -0.05) is 0 Å². The van der Waals surface area contributed by atoms with Gasteiger partial charge in [0.15, 0.2) is 0 Å². The van der Waals surface area contributed by atoms with Gasteiger partial charge in [-0.3, -0.25) is 0 Å². The van der Waals surface area contributed by atoms with Crippen LogP contribution in [0, 0.1) is 5.92 Å². The summed E-state index contributed by atoms with van der Waals surface area (Å²) in [4.78, 5) is 0. The van der Waals surface area contributed by atoms with Gasteiger partial charge in [-0.05, 0) is 0 Å². The van der Waals surface area contributed by atoms with E-state index < -0.39 is 18.1 Å². The van der Waals surface area contributed by atoms with Crippen molar-refractivity contribution in [3.05, 3.63) is 0 Å². The van der Waals surface area contributed by atoms with Crippen LogP contribution in [0.4, 0.5) is 13.2 Å². The lowest BCUT2D eigenvalue weighted by Gasteiger charge is -2.16. The van der Waals surface area contributed by atoms with Crippen molar-refractivity contribution in [2.75, 3.05) is 13.2 Å². The molecule has 0 aliphatic carbocycles. The van der Waals surface area contributed by atoms with E-state index in [4.69, 9.17) is 5.73 Å². The second-order valence-electron chi connectivity index (χ2n) is 2.35. The standard InChI is InChI=1S/C5H8F3NO/c6-5(7,8)3-1-10-2-4(3)9/h3-4H,1-2,9H2/t3-,4-/m0/s1. The van der Waals surface area contributed by atoms with E-state index in [1.54, 1.807) is 0 Å². The molecular weight excluding hydrogens is 147 g/mol. The monoisotopic (exact) mass is 155 g/mol. The molecule has 0 aromatic heterocycles. The molecule has 0 aromatic carbocycles. The Bertz CT molecular complexity index is 125. The molecule has 0 amide bonds. The fraction of sp³-hybridized carbons (Fsp3) is 1.00. The molecule has 0 bridgehead atoms. The molecule has 0 aromatic rings. The zero-order valence-corrected chi connectivity index (χ0v) is 5.19. The van der Waals surface area contributed by atoms with Gasteiger partial charge in [0.25, 0.3) is 0 Å². The van der Waals surface area contributed by atoms with Crippen LogP contribution in [0.1, 0.15) is 0 Å². The number of rotatable bonds is 0. The fourth-order valence-electron chi connectivity index (χ4n) is 0.908. The minimum atomic E-state index is -4.20. The van der Waals surface area contributed by atoms with Crippen LogP contribution in [0.25, 0.3) is 0 Å². The van der Waals surface area contributed by atoms with E-state index in [0.29, 0.717) is 0 Å². The SMILES string of the molecule is N[C@H]1COC[C@@H]1C(F)(F)F. The first-order valence-corrected chi connectivity index (χ1v) is 2.92. The van der Waals surface area contributed by atoms with Crippen molar-refractivity contribution < 1.29 is 17.9 Å². The van der Waals surface area contributed by atoms with E-state index in [0.717, 1.165) is 0 Å². The van der Waals surface area contributed by atoms with Gasteiger partial charge in [-0.2, -0.15) is 13.2 Å². The molecule has 1 fully saturated rings. The maximum absolute atomic E-state index is 11.9. The van der Waals surface area contributed by atoms with Crippen LogP contribution in [0.2, 0.25) is 0 Å². The average molecular weight is 155 g/mol. The molecule has 1 saturated heterocycles. The normalized spacial score (nSPS) is 34.8. The Kier molecular flexibility index (Phi) is 1.87. The molecule has 2 nitrogen and oxygen atoms in total. The molecule has 1 aliphatic heterocycles. The zero-order chi connectivity index (χ0) is 7.78. The summed E-state index contributed by atoms with van der Waals surface area (Å²) in [6.45, 7) is -0.269. The van der Waals surface area contributed by atoms with Crippen molar-refractivity contribution in [2.24, 2.45) is 11.7 Å². The Balaban J connectivity index is 2.55. The summed E-state index contributed by atoms with van der Waals surface area (Å²) in [6.07, 6.45) is -4.20. The van der Waals surface area contributed by atoms with E-state index in [1.165, 1.54) is 0 Å². The van der Waals surface area contributed by atoms with Gasteiger partial charge in [0.1, 0.15) is 0 Å². The lowest BCUT2D eigenvalue weighted by atomic mass is 10.1. The third kappa shape index (κ3) is 1.41. The number of alkyl halides is 3. The third-order valence-electron chi connectivity index (χ3n) is 1.54. The topological polar surface area (TPSA) is 35.2 Å². The van der Waals surface area contributed by atoms with E-state index in [9.17, 15) is 13.2 Å². The first-order valence-electron chi connectivity index (χ1n) is 2.92. The van der Waals surface area contributed by atoms with Crippen molar-refractivity contribution in [1.82, 2.24) is 0 Å². The van der Waals surface area contributed by atoms with Gasteiger partial charge < -0.3 is 10.5 Å². The molecule has 2 atom stereocenters. The predicted octanol–water partition coefficient (Wildman–Crippen LogP) is 0.522. The van der Waals surface area contributed by atoms with Gasteiger partial charge in [0.05, 0.1) is 19.1 Å². The molecule has 0 radical (unpaired) electrons. The molecule has 2 N–H and O–H groups in total. The molecule has 1 rings (SSSR count). The minimum Gasteiger partial charge on any atom is -0.379 e. The molecule has 0 saturated carbocycles. The summed E-state index contributed by atoms with van der Waals surface area (Å²) in [7, 11) is 0. The van der Waals surface area contributed by atoms with Crippen LogP contribution in [0.15, 0.2) is 0 Å². The van der Waals surface area contributed by atoms with Crippen LogP contribution >= 0.6 is 0 Å². The van der Waals surface area contributed by atoms with Crippen molar-refractivity contribution in [1.29, 1.82) is 0 Å². The van der Waals surface area contributed by atoms with Gasteiger partial charge in [-0.25, -0.2) is 0 Å². The first kappa shape index (κ1) is 7.81. The quantitative estimate of drug-likeness (QED) is 0.553. The Morgan fingerprint density at radius 1 is 1.30 bits per heavy atom. The molecule has 1 heterocycles. The zero-order valence-electron chi connectivity index (χ0n) is 5.19. The smallest absolute Gasteiger partial charge is 0.379 e. The summed E-state index contributed by atoms with van der Waals surface area (Å²) in [6, 6.07) is -0.875. The number of halogens is 3. The van der Waals surface area contributed by atoms with E-state index in [1.807, 2.05) is 0 Å². The van der Waals surface area contributed by atoms with E-state index >= 15 is 0 Å². The van der Waals surface area contributed by atoms with E-state index in [-0.39, 0.29) is 13.2 Å². The molecule has 0 unspecified atom stereocenters. The maximum Gasteiger partial charge on any atom is 0.395 e. The minimum absolute atomic E-state index is 0.0180. The highest BCUT2D eigenvalue weighted by atomic mass is 19.4. The summed E-state index contributed by atoms with van der Waals surface area (Å²) < 4.78 is 40.1. The van der Waals surface area contributed by atoms with Crippen molar-refractivity contribution in [3.63, 3.8) is 0 Å². The summed E-state index contributed by atoms with van der Waals surface area (Å²) in [5.41, 5.74) is 5.12. The van der Waals surface area contributed by atoms with Crippen molar-refractivity contribution in [3.8, 4) is 0 Å². The Hall–Kier alpha value is -0.290. The number of ether oxygens (including phenoxy) is 1. The molecule has 60 valence electrons. The lowest BCUT2D eigenvalue weighted by Crippen LogP contribution is -2.38. The average Bonchev–Trinajstić information content (AvgIpc) is 2.11. The predicted molar refractivity (Wildman–Crippen MR) is 28.3 cm³/mol. The summed E-state index contributed by atoms with van der Waals surface area (Å²) in [5, 5.41) is 0. The highest BCUT2D eigenvalue weighted by molar-refractivity contribution is 4.83. The van der Waals surface area contributed by atoms with Crippen molar-refractivity contribution in [2.45, 2.75) is 12.2 Å². The highest BCUT2D eigenvalue weighted by Crippen LogP contribution is 2.31. The first-order chi connectivity index (χ1) is 4.52. The Labute approximate surface area is 56.1 Å². The second-order valence-corrected chi connectivity index (χ2v) is 2.35. The van der Waals surface area contributed by atoms with Crippen LogP contribution in [0.5, 0.6) is 0 Å². The number of nitrogens with two attached hydrogens (primary N) is 1. The number of hydrogen-bond donors (Lipinski definition) is 1. The molecule has 1 aliphatic rings. The second kappa shape index (κ2) is 2.39. The largest absolute Gasteiger partial charge is 0.395 e. The van der Waals surface area contributed by atoms with Crippen LogP contribution in [-0.2, 0) is 4.74 Å². The Morgan fingerprint density at radius 2 is 1.90 bits per heavy atom. The summed E-state index contributed by atoms with van der Waals surface area (Å²) >= 11 is 0. The summed E-state index contributed by atoms with van der Waals surface area (Å²) in [5.74, 6) is -1.47. The molecule has 10 heavy (non-hydrogen) atoms. The molecule has 0 spiro atoms. The van der Waals surface area contributed by atoms with Crippen LogP contribution < -0.4 is 5.73 Å².